The minimum Gasteiger partial charge on any atom is -0.438 e. The van der Waals surface area contributed by atoms with Crippen molar-refractivity contribution in [3.8, 4) is 0 Å². The first-order valence-corrected chi connectivity index (χ1v) is 9.82. The minimum atomic E-state index is -3.65. The van der Waals surface area contributed by atoms with Crippen LogP contribution in [-0.2, 0) is 10.0 Å². The van der Waals surface area contributed by atoms with Gasteiger partial charge in [-0.15, -0.1) is 0 Å². The highest BCUT2D eigenvalue weighted by Crippen LogP contribution is 2.58. The highest BCUT2D eigenvalue weighted by atomic mass is 32.2. The number of hydrogen-bond donors (Lipinski definition) is 2. The molecule has 6 nitrogen and oxygen atoms in total. The molecule has 3 aliphatic carbocycles. The minimum absolute atomic E-state index is 0.0598. The second kappa shape index (κ2) is 5.34. The monoisotopic (exact) mass is 338 g/mol. The summed E-state index contributed by atoms with van der Waals surface area (Å²) in [6.07, 6.45) is 6.27. The van der Waals surface area contributed by atoms with Crippen molar-refractivity contribution in [2.24, 2.45) is 23.7 Å². The summed E-state index contributed by atoms with van der Waals surface area (Å²) in [5.74, 6) is 2.75. The second-order valence-corrected chi connectivity index (χ2v) is 8.88. The van der Waals surface area contributed by atoms with Crippen LogP contribution in [0, 0.1) is 23.7 Å². The summed E-state index contributed by atoms with van der Waals surface area (Å²) < 4.78 is 30.7. The maximum atomic E-state index is 12.4. The van der Waals surface area contributed by atoms with E-state index in [0.29, 0.717) is 5.92 Å². The Kier molecular flexibility index (Phi) is 3.53. The third-order valence-electron chi connectivity index (χ3n) is 6.08. The maximum absolute atomic E-state index is 12.4. The summed E-state index contributed by atoms with van der Waals surface area (Å²) in [7, 11) is -2.34. The zero-order chi connectivity index (χ0) is 16.2. The average Bonchev–Trinajstić information content (AvgIpc) is 3.27. The van der Waals surface area contributed by atoms with Gasteiger partial charge in [-0.1, -0.05) is 6.42 Å². The van der Waals surface area contributed by atoms with Crippen LogP contribution in [0.1, 0.15) is 42.7 Å². The number of furan rings is 1. The Hall–Kier alpha value is -1.34. The summed E-state index contributed by atoms with van der Waals surface area (Å²) in [5.41, 5.74) is 0. The van der Waals surface area contributed by atoms with Crippen molar-refractivity contribution in [1.29, 1.82) is 0 Å². The van der Waals surface area contributed by atoms with E-state index in [0.717, 1.165) is 24.2 Å². The fraction of sp³-hybridized carbons (Fsp3) is 0.688. The lowest BCUT2D eigenvalue weighted by atomic mass is 9.79. The van der Waals surface area contributed by atoms with Crippen LogP contribution in [0.2, 0.25) is 0 Å². The molecular weight excluding hydrogens is 316 g/mol. The van der Waals surface area contributed by atoms with Crippen LogP contribution in [0.15, 0.2) is 21.6 Å². The van der Waals surface area contributed by atoms with E-state index in [9.17, 15) is 13.2 Å². The zero-order valence-corrected chi connectivity index (χ0v) is 13.9. The number of hydrogen-bond acceptors (Lipinski definition) is 4. The lowest BCUT2D eigenvalue weighted by molar-refractivity contribution is 0.0867. The molecular formula is C16H22N2O4S. The van der Waals surface area contributed by atoms with Gasteiger partial charge in [0, 0.05) is 6.04 Å². The standard InChI is InChI=1S/C16H22N2O4S/c1-17-23(20,21)15-6-5-14(22-15)16(19)18-13-8-9-7-12(13)11-4-2-3-10(9)11/h5-6,9-13,17H,2-4,7-8H2,1H3,(H,18,19)/t9-,10-,11+,12+,13-/m1/s1. The molecule has 1 aromatic rings. The Morgan fingerprint density at radius 2 is 1.96 bits per heavy atom. The topological polar surface area (TPSA) is 88.4 Å². The molecule has 7 heteroatoms. The quantitative estimate of drug-likeness (QED) is 0.875. The molecule has 3 aliphatic rings. The summed E-state index contributed by atoms with van der Waals surface area (Å²) >= 11 is 0. The number of nitrogens with one attached hydrogen (secondary N) is 2. The Morgan fingerprint density at radius 3 is 2.74 bits per heavy atom. The van der Waals surface area contributed by atoms with Crippen molar-refractivity contribution in [2.75, 3.05) is 7.05 Å². The van der Waals surface area contributed by atoms with E-state index in [2.05, 4.69) is 10.0 Å². The molecule has 0 unspecified atom stereocenters. The van der Waals surface area contributed by atoms with Crippen LogP contribution in [0.25, 0.3) is 0 Å². The molecule has 0 saturated heterocycles. The van der Waals surface area contributed by atoms with Crippen LogP contribution in [0.5, 0.6) is 0 Å². The normalized spacial score (nSPS) is 35.4. The molecule has 2 N–H and O–H groups in total. The molecule has 4 rings (SSSR count). The average molecular weight is 338 g/mol. The van der Waals surface area contributed by atoms with Gasteiger partial charge in [-0.2, -0.15) is 0 Å². The van der Waals surface area contributed by atoms with Crippen molar-refractivity contribution in [2.45, 2.75) is 43.2 Å². The Bertz CT molecular complexity index is 726. The summed E-state index contributed by atoms with van der Waals surface area (Å²) in [6.45, 7) is 0. The summed E-state index contributed by atoms with van der Waals surface area (Å²) in [6, 6.07) is 2.95. The smallest absolute Gasteiger partial charge is 0.287 e. The molecule has 3 fully saturated rings. The number of amides is 1. The van der Waals surface area contributed by atoms with E-state index >= 15 is 0 Å². The molecule has 126 valence electrons. The summed E-state index contributed by atoms with van der Waals surface area (Å²) in [5, 5.41) is 2.85. The molecule has 1 heterocycles. The van der Waals surface area contributed by atoms with Gasteiger partial charge in [-0.05, 0) is 68.5 Å². The van der Waals surface area contributed by atoms with Crippen molar-refractivity contribution in [3.63, 3.8) is 0 Å². The molecule has 2 bridgehead atoms. The number of rotatable bonds is 4. The van der Waals surface area contributed by atoms with E-state index < -0.39 is 10.0 Å². The predicted octanol–water partition coefficient (Wildman–Crippen LogP) is 1.74. The third kappa shape index (κ3) is 2.41. The number of carbonyl (C=O) groups is 1. The fourth-order valence-corrected chi connectivity index (χ4v) is 5.81. The molecule has 0 radical (unpaired) electrons. The van der Waals surface area contributed by atoms with Crippen molar-refractivity contribution in [3.05, 3.63) is 17.9 Å². The third-order valence-corrected chi connectivity index (χ3v) is 7.37. The van der Waals surface area contributed by atoms with Gasteiger partial charge in [-0.25, -0.2) is 13.1 Å². The molecule has 5 atom stereocenters. The van der Waals surface area contributed by atoms with Gasteiger partial charge < -0.3 is 9.73 Å². The van der Waals surface area contributed by atoms with Gasteiger partial charge in [0.25, 0.3) is 15.9 Å². The molecule has 0 aliphatic heterocycles. The van der Waals surface area contributed by atoms with Crippen molar-refractivity contribution < 1.29 is 17.6 Å². The zero-order valence-electron chi connectivity index (χ0n) is 13.1. The largest absolute Gasteiger partial charge is 0.438 e. The van der Waals surface area contributed by atoms with Crippen molar-refractivity contribution in [1.82, 2.24) is 10.0 Å². The fourth-order valence-electron chi connectivity index (χ4n) is 5.16. The van der Waals surface area contributed by atoms with Gasteiger partial charge in [0.2, 0.25) is 5.09 Å². The number of carbonyl (C=O) groups excluding carboxylic acids is 1. The molecule has 0 spiro atoms. The van der Waals surface area contributed by atoms with E-state index in [1.165, 1.54) is 44.9 Å². The SMILES string of the molecule is CNS(=O)(=O)c1ccc(C(=O)N[C@@H]2C[C@H]3C[C@H]2[C@H]2CCC[C@H]32)o1. The van der Waals surface area contributed by atoms with Gasteiger partial charge in [0.15, 0.2) is 5.76 Å². The van der Waals surface area contributed by atoms with Gasteiger partial charge in [0.1, 0.15) is 0 Å². The van der Waals surface area contributed by atoms with Crippen LogP contribution in [0.3, 0.4) is 0 Å². The lowest BCUT2D eigenvalue weighted by Crippen LogP contribution is -2.42. The molecule has 3 saturated carbocycles. The van der Waals surface area contributed by atoms with Crippen LogP contribution in [-0.4, -0.2) is 27.4 Å². The van der Waals surface area contributed by atoms with Gasteiger partial charge in [-0.3, -0.25) is 4.79 Å². The van der Waals surface area contributed by atoms with Crippen LogP contribution < -0.4 is 10.0 Å². The molecule has 1 amide bonds. The van der Waals surface area contributed by atoms with E-state index in [1.54, 1.807) is 0 Å². The van der Waals surface area contributed by atoms with Crippen LogP contribution >= 0.6 is 0 Å². The second-order valence-electron chi connectivity index (χ2n) is 7.06. The van der Waals surface area contributed by atoms with Crippen molar-refractivity contribution >= 4 is 15.9 Å². The molecule has 1 aromatic heterocycles. The first-order valence-electron chi connectivity index (χ1n) is 8.34. The Balaban J connectivity index is 1.45. The van der Waals surface area contributed by atoms with E-state index in [1.807, 2.05) is 0 Å². The van der Waals surface area contributed by atoms with E-state index in [-0.39, 0.29) is 22.8 Å². The van der Waals surface area contributed by atoms with E-state index in [4.69, 9.17) is 4.42 Å². The van der Waals surface area contributed by atoms with Gasteiger partial charge >= 0.3 is 0 Å². The first-order chi connectivity index (χ1) is 11.0. The maximum Gasteiger partial charge on any atom is 0.287 e. The highest BCUT2D eigenvalue weighted by Gasteiger charge is 2.54. The van der Waals surface area contributed by atoms with Crippen LogP contribution in [0.4, 0.5) is 0 Å². The van der Waals surface area contributed by atoms with Gasteiger partial charge in [0.05, 0.1) is 0 Å². The lowest BCUT2D eigenvalue weighted by Gasteiger charge is -2.31. The molecule has 23 heavy (non-hydrogen) atoms. The highest BCUT2D eigenvalue weighted by molar-refractivity contribution is 7.89. The predicted molar refractivity (Wildman–Crippen MR) is 83.3 cm³/mol. The Labute approximate surface area is 136 Å². The number of sulfonamides is 1. The molecule has 0 aromatic carbocycles. The first kappa shape index (κ1) is 15.2. The number of fused-ring (bicyclic) bond motifs is 5. The summed E-state index contributed by atoms with van der Waals surface area (Å²) in [4.78, 5) is 12.4. The Morgan fingerprint density at radius 1 is 1.17 bits per heavy atom.